The van der Waals surface area contributed by atoms with Crippen LogP contribution < -0.4 is 4.74 Å². The van der Waals surface area contributed by atoms with Crippen LogP contribution in [0.15, 0.2) is 23.3 Å². The maximum Gasteiger partial charge on any atom is 0.167 e. The van der Waals surface area contributed by atoms with Crippen LogP contribution >= 0.6 is 0 Å². The number of ether oxygens (including phenoxy) is 1. The monoisotopic (exact) mass is 261 g/mol. The minimum atomic E-state index is -0.317. The fourth-order valence-corrected chi connectivity index (χ4v) is 2.46. The number of rotatable bonds is 6. The molecule has 0 amide bonds. The molecule has 1 rings (SSSR count). The van der Waals surface area contributed by atoms with Crippen molar-refractivity contribution in [2.45, 2.75) is 39.5 Å². The smallest absolute Gasteiger partial charge is 0.167 e. The highest BCUT2D eigenvalue weighted by molar-refractivity contribution is 5.77. The molecular formula is C14H19N3O2. The van der Waals surface area contributed by atoms with Gasteiger partial charge in [0.1, 0.15) is 11.5 Å². The summed E-state index contributed by atoms with van der Waals surface area (Å²) in [6, 6.07) is 5.70. The first-order valence-electron chi connectivity index (χ1n) is 6.11. The van der Waals surface area contributed by atoms with Crippen LogP contribution in [0.3, 0.4) is 0 Å². The lowest BCUT2D eigenvalue weighted by molar-refractivity contribution is -0.118. The van der Waals surface area contributed by atoms with E-state index in [4.69, 9.17) is 10.3 Å². The van der Waals surface area contributed by atoms with E-state index in [0.29, 0.717) is 12.2 Å². The predicted molar refractivity (Wildman–Crippen MR) is 74.1 cm³/mol. The van der Waals surface area contributed by atoms with Crippen molar-refractivity contribution in [2.75, 3.05) is 6.73 Å². The van der Waals surface area contributed by atoms with Gasteiger partial charge in [-0.15, -0.1) is 0 Å². The Labute approximate surface area is 113 Å². The van der Waals surface area contributed by atoms with Crippen molar-refractivity contribution in [1.29, 1.82) is 0 Å². The molecule has 0 aromatic heterocycles. The van der Waals surface area contributed by atoms with Crippen LogP contribution in [0, 0.1) is 6.92 Å². The highest BCUT2D eigenvalue weighted by Gasteiger charge is 2.27. The zero-order valence-corrected chi connectivity index (χ0v) is 11.8. The molecule has 0 saturated heterocycles. The molecule has 0 atom stereocenters. The maximum absolute atomic E-state index is 11.4. The molecule has 0 heterocycles. The zero-order chi connectivity index (χ0) is 14.5. The van der Waals surface area contributed by atoms with Gasteiger partial charge in [0.25, 0.3) is 0 Å². The molecule has 0 aliphatic heterocycles. The van der Waals surface area contributed by atoms with E-state index in [0.717, 1.165) is 11.1 Å². The van der Waals surface area contributed by atoms with Gasteiger partial charge in [-0.05, 0) is 31.0 Å². The summed E-state index contributed by atoms with van der Waals surface area (Å²) in [7, 11) is 0. The highest BCUT2D eigenvalue weighted by Crippen LogP contribution is 2.37. The zero-order valence-electron chi connectivity index (χ0n) is 11.8. The Kier molecular flexibility index (Phi) is 4.95. The van der Waals surface area contributed by atoms with Gasteiger partial charge < -0.3 is 4.74 Å². The third-order valence-corrected chi connectivity index (χ3v) is 2.94. The van der Waals surface area contributed by atoms with Crippen molar-refractivity contribution < 1.29 is 9.53 Å². The molecule has 0 bridgehead atoms. The fraction of sp³-hybridized carbons (Fsp3) is 0.500. The third kappa shape index (κ3) is 4.00. The van der Waals surface area contributed by atoms with Crippen molar-refractivity contribution in [2.24, 2.45) is 5.11 Å². The molecule has 0 spiro atoms. The average Bonchev–Trinajstić information content (AvgIpc) is 2.27. The standard InChI is InChI=1S/C14H19N3O2/c1-10-6-5-7-12(19-9-16-17-15)13(10)14(3,4)8-11(2)18/h5-7H,8-9H2,1-4H3. The Balaban J connectivity index is 3.16. The summed E-state index contributed by atoms with van der Waals surface area (Å²) >= 11 is 0. The number of Topliss-reactive ketones (excluding diaryl/α,β-unsaturated/α-hetero) is 1. The Bertz CT molecular complexity index is 517. The molecular weight excluding hydrogens is 242 g/mol. The number of azide groups is 1. The first-order valence-corrected chi connectivity index (χ1v) is 6.11. The van der Waals surface area contributed by atoms with E-state index in [-0.39, 0.29) is 17.9 Å². The first-order chi connectivity index (χ1) is 8.88. The van der Waals surface area contributed by atoms with Gasteiger partial charge in [-0.2, -0.15) is 0 Å². The molecule has 0 aliphatic carbocycles. The lowest BCUT2D eigenvalue weighted by atomic mass is 9.78. The SMILES string of the molecule is CC(=O)CC(C)(C)c1c(C)cccc1OCN=[N+]=[N-]. The minimum Gasteiger partial charge on any atom is -0.487 e. The van der Waals surface area contributed by atoms with E-state index in [2.05, 4.69) is 10.0 Å². The maximum atomic E-state index is 11.4. The largest absolute Gasteiger partial charge is 0.487 e. The number of nitrogens with zero attached hydrogens (tertiary/aromatic N) is 3. The van der Waals surface area contributed by atoms with Crippen LogP contribution in [0.4, 0.5) is 0 Å². The normalized spacial score (nSPS) is 10.7. The summed E-state index contributed by atoms with van der Waals surface area (Å²) in [6.45, 7) is 7.54. The number of benzene rings is 1. The Hall–Kier alpha value is -2.00. The third-order valence-electron chi connectivity index (χ3n) is 2.94. The van der Waals surface area contributed by atoms with Gasteiger partial charge in [0.05, 0.1) is 0 Å². The van der Waals surface area contributed by atoms with Crippen molar-refractivity contribution in [3.63, 3.8) is 0 Å². The van der Waals surface area contributed by atoms with E-state index < -0.39 is 0 Å². The Morgan fingerprint density at radius 1 is 1.47 bits per heavy atom. The number of hydrogen-bond acceptors (Lipinski definition) is 3. The van der Waals surface area contributed by atoms with Crippen LogP contribution in [0.5, 0.6) is 5.75 Å². The second-order valence-electron chi connectivity index (χ2n) is 5.22. The summed E-state index contributed by atoms with van der Waals surface area (Å²) in [5.41, 5.74) is 10.0. The Morgan fingerprint density at radius 3 is 2.74 bits per heavy atom. The van der Waals surface area contributed by atoms with Crippen LogP contribution in [0.25, 0.3) is 10.4 Å². The number of hydrogen-bond donors (Lipinski definition) is 0. The van der Waals surface area contributed by atoms with Gasteiger partial charge in [-0.3, -0.25) is 4.79 Å². The summed E-state index contributed by atoms with van der Waals surface area (Å²) in [6.07, 6.45) is 0.440. The second-order valence-corrected chi connectivity index (χ2v) is 5.22. The van der Waals surface area contributed by atoms with Crippen LogP contribution in [-0.4, -0.2) is 12.5 Å². The van der Waals surface area contributed by atoms with E-state index in [1.807, 2.05) is 39.0 Å². The number of ketones is 1. The molecule has 5 nitrogen and oxygen atoms in total. The van der Waals surface area contributed by atoms with Crippen LogP contribution in [-0.2, 0) is 10.2 Å². The quantitative estimate of drug-likeness (QED) is 0.442. The van der Waals surface area contributed by atoms with Gasteiger partial charge >= 0.3 is 0 Å². The number of aryl methyl sites for hydroxylation is 1. The van der Waals surface area contributed by atoms with Gasteiger partial charge in [0.15, 0.2) is 6.73 Å². The van der Waals surface area contributed by atoms with E-state index in [1.54, 1.807) is 6.92 Å². The van der Waals surface area contributed by atoms with E-state index in [1.165, 1.54) is 0 Å². The molecule has 1 aromatic carbocycles. The second kappa shape index (κ2) is 6.25. The highest BCUT2D eigenvalue weighted by atomic mass is 16.5. The molecule has 19 heavy (non-hydrogen) atoms. The van der Waals surface area contributed by atoms with Gasteiger partial charge in [0, 0.05) is 22.3 Å². The minimum absolute atomic E-state index is 0.0525. The number of carbonyl (C=O) groups excluding carboxylic acids is 1. The summed E-state index contributed by atoms with van der Waals surface area (Å²) in [5, 5.41) is 3.37. The van der Waals surface area contributed by atoms with Crippen LogP contribution in [0.1, 0.15) is 38.3 Å². The van der Waals surface area contributed by atoms with Crippen molar-refractivity contribution in [3.8, 4) is 5.75 Å². The van der Waals surface area contributed by atoms with Crippen molar-refractivity contribution >= 4 is 5.78 Å². The van der Waals surface area contributed by atoms with E-state index >= 15 is 0 Å². The molecule has 0 fully saturated rings. The van der Waals surface area contributed by atoms with Gasteiger partial charge in [0.2, 0.25) is 0 Å². The van der Waals surface area contributed by atoms with Gasteiger partial charge in [-0.1, -0.05) is 31.1 Å². The molecule has 0 aliphatic rings. The van der Waals surface area contributed by atoms with Gasteiger partial charge in [-0.25, -0.2) is 0 Å². The van der Waals surface area contributed by atoms with Crippen molar-refractivity contribution in [3.05, 3.63) is 39.8 Å². The molecule has 0 N–H and O–H groups in total. The average molecular weight is 261 g/mol. The molecule has 0 unspecified atom stereocenters. The lowest BCUT2D eigenvalue weighted by Gasteiger charge is -2.28. The van der Waals surface area contributed by atoms with Crippen LogP contribution in [0.2, 0.25) is 0 Å². The molecule has 5 heteroatoms. The lowest BCUT2D eigenvalue weighted by Crippen LogP contribution is -2.23. The summed E-state index contributed by atoms with van der Waals surface area (Å²) < 4.78 is 5.49. The number of carbonyl (C=O) groups is 1. The Morgan fingerprint density at radius 2 is 2.16 bits per heavy atom. The summed E-state index contributed by atoms with van der Waals surface area (Å²) in [4.78, 5) is 14.1. The first kappa shape index (κ1) is 15.1. The molecule has 0 saturated carbocycles. The molecule has 102 valence electrons. The molecule has 1 aromatic rings. The fourth-order valence-electron chi connectivity index (χ4n) is 2.46. The summed E-state index contributed by atoms with van der Waals surface area (Å²) in [5.74, 6) is 0.799. The topological polar surface area (TPSA) is 75.1 Å². The van der Waals surface area contributed by atoms with E-state index in [9.17, 15) is 4.79 Å². The predicted octanol–water partition coefficient (Wildman–Crippen LogP) is 3.90. The molecule has 0 radical (unpaired) electrons. The van der Waals surface area contributed by atoms with Crippen molar-refractivity contribution in [1.82, 2.24) is 0 Å².